The van der Waals surface area contributed by atoms with Gasteiger partial charge in [-0.1, -0.05) is 45.2 Å². The summed E-state index contributed by atoms with van der Waals surface area (Å²) >= 11 is 0. The van der Waals surface area contributed by atoms with Crippen molar-refractivity contribution in [3.63, 3.8) is 0 Å². The molecule has 202 valence electrons. The highest BCUT2D eigenvalue weighted by atomic mass is 16.5. The van der Waals surface area contributed by atoms with Gasteiger partial charge < -0.3 is 20.1 Å². The van der Waals surface area contributed by atoms with Gasteiger partial charge in [0.05, 0.1) is 0 Å². The molecular weight excluding hydrogens is 464 g/mol. The zero-order valence-electron chi connectivity index (χ0n) is 22.7. The number of fused-ring (bicyclic) bond motifs is 5. The van der Waals surface area contributed by atoms with Gasteiger partial charge in [-0.3, -0.25) is 4.79 Å². The highest BCUT2D eigenvalue weighted by Gasteiger charge is 2.56. The van der Waals surface area contributed by atoms with Crippen LogP contribution in [0.1, 0.15) is 101 Å². The second kappa shape index (κ2) is 11.8. The fourth-order valence-electron chi connectivity index (χ4n) is 7.42. The fraction of sp³-hybridized carbons (Fsp3) is 0.594. The number of phenolic OH excluding ortho intramolecular Hbond substituents is 3. The number of aromatic hydroxyl groups is 3. The van der Waals surface area contributed by atoms with Crippen molar-refractivity contribution < 1.29 is 24.9 Å². The van der Waals surface area contributed by atoms with Crippen molar-refractivity contribution in [3.05, 3.63) is 53.1 Å². The van der Waals surface area contributed by atoms with E-state index in [0.717, 1.165) is 37.7 Å². The highest BCUT2D eigenvalue weighted by molar-refractivity contribution is 5.66. The number of ether oxygens (including phenoxy) is 1. The Kier molecular flexibility index (Phi) is 8.71. The molecule has 0 aliphatic heterocycles. The van der Waals surface area contributed by atoms with Crippen LogP contribution in [0.5, 0.6) is 17.2 Å². The second-order valence-electron chi connectivity index (χ2n) is 11.6. The van der Waals surface area contributed by atoms with Crippen molar-refractivity contribution in [2.24, 2.45) is 17.3 Å². The van der Waals surface area contributed by atoms with Gasteiger partial charge in [0, 0.05) is 18.4 Å². The highest BCUT2D eigenvalue weighted by Crippen LogP contribution is 2.61. The van der Waals surface area contributed by atoms with Gasteiger partial charge in [-0.15, -0.1) is 0 Å². The van der Waals surface area contributed by atoms with E-state index in [1.54, 1.807) is 12.1 Å². The maximum Gasteiger partial charge on any atom is 0.302 e. The van der Waals surface area contributed by atoms with Gasteiger partial charge in [-0.2, -0.15) is 0 Å². The first-order valence-electron chi connectivity index (χ1n) is 14.2. The summed E-state index contributed by atoms with van der Waals surface area (Å²) in [4.78, 5) is 11.4. The normalized spacial score (nSPS) is 27.8. The number of unbranched alkanes of at least 4 members (excludes halogenated alkanes) is 3. The number of hydrogen-bond acceptors (Lipinski definition) is 5. The molecule has 5 nitrogen and oxygen atoms in total. The Labute approximate surface area is 221 Å². The Morgan fingerprint density at radius 1 is 0.973 bits per heavy atom. The van der Waals surface area contributed by atoms with Crippen molar-refractivity contribution in [2.45, 2.75) is 103 Å². The molecule has 3 aliphatic rings. The summed E-state index contributed by atoms with van der Waals surface area (Å²) in [5, 5.41) is 28.3. The summed E-state index contributed by atoms with van der Waals surface area (Å²) in [6, 6.07) is 10.7. The minimum Gasteiger partial charge on any atom is -0.508 e. The fourth-order valence-corrected chi connectivity index (χ4v) is 7.42. The van der Waals surface area contributed by atoms with Crippen molar-refractivity contribution in [1.29, 1.82) is 0 Å². The first kappa shape index (κ1) is 27.3. The summed E-state index contributed by atoms with van der Waals surface area (Å²) in [6.45, 7) is 6.06. The Morgan fingerprint density at radius 2 is 1.73 bits per heavy atom. The third-order valence-electron chi connectivity index (χ3n) is 9.30. The molecule has 5 unspecified atom stereocenters. The molecule has 2 fully saturated rings. The van der Waals surface area contributed by atoms with E-state index in [4.69, 9.17) is 9.84 Å². The molecular formula is C32H44O5. The molecule has 2 aromatic rings. The van der Waals surface area contributed by atoms with Crippen LogP contribution < -0.4 is 0 Å². The van der Waals surface area contributed by atoms with Crippen LogP contribution in [0, 0.1) is 17.3 Å². The average Bonchev–Trinajstić information content (AvgIpc) is 3.18. The zero-order chi connectivity index (χ0) is 26.6. The Bertz CT molecular complexity index is 1080. The number of esters is 1. The minimum atomic E-state index is -0.136. The van der Waals surface area contributed by atoms with Gasteiger partial charge in [0.2, 0.25) is 0 Å². The van der Waals surface area contributed by atoms with E-state index >= 15 is 0 Å². The number of carbonyl (C=O) groups is 1. The predicted octanol–water partition coefficient (Wildman–Crippen LogP) is 7.40. The molecule has 3 aliphatic carbocycles. The number of phenols is 3. The molecule has 37 heavy (non-hydrogen) atoms. The van der Waals surface area contributed by atoms with Crippen molar-refractivity contribution in [3.8, 4) is 17.2 Å². The molecule has 3 N–H and O–H groups in total. The van der Waals surface area contributed by atoms with E-state index in [9.17, 15) is 15.0 Å². The van der Waals surface area contributed by atoms with E-state index in [-0.39, 0.29) is 29.0 Å². The molecule has 0 spiro atoms. The van der Waals surface area contributed by atoms with Crippen LogP contribution in [0.15, 0.2) is 36.4 Å². The maximum atomic E-state index is 11.4. The van der Waals surface area contributed by atoms with Crippen molar-refractivity contribution >= 4 is 5.97 Å². The summed E-state index contributed by atoms with van der Waals surface area (Å²) in [5.74, 6) is 2.57. The summed E-state index contributed by atoms with van der Waals surface area (Å²) in [5.41, 5.74) is 3.88. The molecule has 0 amide bonds. The van der Waals surface area contributed by atoms with Crippen molar-refractivity contribution in [2.75, 3.05) is 0 Å². The lowest BCUT2D eigenvalue weighted by Gasteiger charge is -2.50. The van der Waals surface area contributed by atoms with E-state index in [2.05, 4.69) is 19.9 Å². The lowest BCUT2D eigenvalue weighted by molar-refractivity contribution is -0.154. The largest absolute Gasteiger partial charge is 0.508 e. The number of aryl methyl sites for hydroxylation is 2. The monoisotopic (exact) mass is 508 g/mol. The molecule has 0 radical (unpaired) electrons. The van der Waals surface area contributed by atoms with Crippen LogP contribution in [0.4, 0.5) is 0 Å². The average molecular weight is 509 g/mol. The van der Waals surface area contributed by atoms with Gasteiger partial charge in [-0.25, -0.2) is 0 Å². The van der Waals surface area contributed by atoms with E-state index in [1.165, 1.54) is 62.6 Å². The van der Waals surface area contributed by atoms with Gasteiger partial charge in [-0.05, 0) is 104 Å². The lowest BCUT2D eigenvalue weighted by Crippen LogP contribution is -2.45. The van der Waals surface area contributed by atoms with Gasteiger partial charge >= 0.3 is 5.97 Å². The SMILES string of the molecule is CC(=O)OC1CCC2C3CCc4cc(O)ccc4C3CCC12C.CCCCCCc1ccc(O)cc1O. The number of carbonyl (C=O) groups excluding carboxylic acids is 1. The summed E-state index contributed by atoms with van der Waals surface area (Å²) < 4.78 is 5.68. The van der Waals surface area contributed by atoms with Gasteiger partial charge in [0.15, 0.2) is 0 Å². The standard InChI is InChI=1S/C20H26O3.C12H18O2/c1-12(21)23-19-8-7-18-17-5-3-13-11-14(22)4-6-15(13)16(17)9-10-20(18,19)2;1-2-3-4-5-6-10-7-8-11(13)9-12(10)14/h4,6,11,16-19,22H,3,5,7-10H2,1-2H3;7-9,13-14H,2-6H2,1H3. The smallest absolute Gasteiger partial charge is 0.302 e. The molecule has 0 saturated heterocycles. The van der Waals surface area contributed by atoms with E-state index < -0.39 is 0 Å². The number of benzene rings is 2. The van der Waals surface area contributed by atoms with Crippen molar-refractivity contribution in [1.82, 2.24) is 0 Å². The number of rotatable bonds is 6. The molecule has 2 aromatic carbocycles. The molecule has 0 aromatic heterocycles. The quantitative estimate of drug-likeness (QED) is 0.279. The zero-order valence-corrected chi connectivity index (χ0v) is 22.7. The lowest BCUT2D eigenvalue weighted by atomic mass is 9.55. The second-order valence-corrected chi connectivity index (χ2v) is 11.6. The van der Waals surface area contributed by atoms with Crippen LogP contribution in [-0.4, -0.2) is 27.4 Å². The van der Waals surface area contributed by atoms with Gasteiger partial charge in [0.1, 0.15) is 23.4 Å². The molecule has 5 heteroatoms. The third kappa shape index (κ3) is 6.08. The van der Waals surface area contributed by atoms with E-state index in [1.807, 2.05) is 12.1 Å². The molecule has 2 saturated carbocycles. The van der Waals surface area contributed by atoms with Crippen LogP contribution in [0.2, 0.25) is 0 Å². The Hall–Kier alpha value is -2.69. The predicted molar refractivity (Wildman–Crippen MR) is 146 cm³/mol. The van der Waals surface area contributed by atoms with Crippen LogP contribution in [0.25, 0.3) is 0 Å². The summed E-state index contributed by atoms with van der Waals surface area (Å²) in [7, 11) is 0. The summed E-state index contributed by atoms with van der Waals surface area (Å²) in [6.07, 6.45) is 12.6. The minimum absolute atomic E-state index is 0.104. The first-order chi connectivity index (χ1) is 17.7. The molecule has 5 atom stereocenters. The Balaban J connectivity index is 0.000000197. The number of hydrogen-bond donors (Lipinski definition) is 3. The first-order valence-corrected chi connectivity index (χ1v) is 14.2. The molecule has 0 bridgehead atoms. The van der Waals surface area contributed by atoms with Crippen LogP contribution in [-0.2, 0) is 22.4 Å². The third-order valence-corrected chi connectivity index (χ3v) is 9.30. The van der Waals surface area contributed by atoms with Crippen LogP contribution in [0.3, 0.4) is 0 Å². The molecule has 5 rings (SSSR count). The molecule has 0 heterocycles. The van der Waals surface area contributed by atoms with E-state index in [0.29, 0.717) is 23.5 Å². The maximum absolute atomic E-state index is 11.4. The van der Waals surface area contributed by atoms with Gasteiger partial charge in [0.25, 0.3) is 0 Å². The Morgan fingerprint density at radius 3 is 2.46 bits per heavy atom. The topological polar surface area (TPSA) is 87.0 Å². The van der Waals surface area contributed by atoms with Crippen LogP contribution >= 0.6 is 0 Å².